The molecule has 2 fully saturated rings. The predicted molar refractivity (Wildman–Crippen MR) is 141 cm³/mol. The van der Waals surface area contributed by atoms with Crippen LogP contribution in [0.15, 0.2) is 72.8 Å². The van der Waals surface area contributed by atoms with Crippen molar-refractivity contribution < 1.29 is 19.1 Å². The molecular weight excluding hydrogens is 492 g/mol. The van der Waals surface area contributed by atoms with E-state index in [0.717, 1.165) is 21.8 Å². The Morgan fingerprint density at radius 1 is 0.919 bits per heavy atom. The van der Waals surface area contributed by atoms with Gasteiger partial charge in [0.1, 0.15) is 5.75 Å². The maximum absolute atomic E-state index is 14.4. The Morgan fingerprint density at radius 3 is 2.35 bits per heavy atom. The summed E-state index contributed by atoms with van der Waals surface area (Å²) in [6, 6.07) is 20.8. The molecule has 3 aliphatic heterocycles. The van der Waals surface area contributed by atoms with Crippen LogP contribution in [-0.2, 0) is 16.0 Å². The summed E-state index contributed by atoms with van der Waals surface area (Å²) >= 11 is 6.11. The Kier molecular flexibility index (Phi) is 5.56. The van der Waals surface area contributed by atoms with Gasteiger partial charge in [0.05, 0.1) is 18.8 Å². The number of barbiturate groups is 1. The minimum atomic E-state index is -1.49. The van der Waals surface area contributed by atoms with Crippen molar-refractivity contribution in [2.24, 2.45) is 5.41 Å². The summed E-state index contributed by atoms with van der Waals surface area (Å²) in [6.07, 6.45) is 0.198. The number of urea groups is 1. The standard InChI is InChI=1S/C28H25ClN4O4/c1-37-22-12-10-21(11-13-22)33-26(35)28(25(34)30-27(33)36)16-18-4-2-3-5-23(18)32-15-14-31(17-24(28)32)20-8-6-19(29)7-9-20/h2-13,24H,14-17H2,1H3,(H,30,34,36)/t24-,28+/m1/s1. The largest absolute Gasteiger partial charge is 0.497 e. The molecule has 2 atom stereocenters. The monoisotopic (exact) mass is 516 g/mol. The Balaban J connectivity index is 1.46. The van der Waals surface area contributed by atoms with Gasteiger partial charge in [-0.1, -0.05) is 29.8 Å². The molecule has 9 heteroatoms. The number of ether oxygens (including phenoxy) is 1. The first-order valence-corrected chi connectivity index (χ1v) is 12.5. The van der Waals surface area contributed by atoms with E-state index in [4.69, 9.17) is 16.3 Å². The van der Waals surface area contributed by atoms with Gasteiger partial charge in [0, 0.05) is 36.0 Å². The number of imide groups is 2. The van der Waals surface area contributed by atoms with E-state index in [0.29, 0.717) is 36.1 Å². The number of carbonyl (C=O) groups is 3. The van der Waals surface area contributed by atoms with Crippen molar-refractivity contribution in [3.8, 4) is 5.75 Å². The highest BCUT2D eigenvalue weighted by molar-refractivity contribution is 6.31. The van der Waals surface area contributed by atoms with E-state index in [-0.39, 0.29) is 6.42 Å². The molecule has 3 aromatic carbocycles. The molecule has 0 aliphatic carbocycles. The van der Waals surface area contributed by atoms with Crippen LogP contribution in [0.25, 0.3) is 0 Å². The summed E-state index contributed by atoms with van der Waals surface area (Å²) in [5.74, 6) is -0.480. The Bertz CT molecular complexity index is 1390. The van der Waals surface area contributed by atoms with Crippen LogP contribution in [0.5, 0.6) is 5.75 Å². The zero-order valence-electron chi connectivity index (χ0n) is 20.2. The number of benzene rings is 3. The molecule has 1 N–H and O–H groups in total. The summed E-state index contributed by atoms with van der Waals surface area (Å²) in [5, 5.41) is 3.15. The van der Waals surface area contributed by atoms with Gasteiger partial charge in [-0.2, -0.15) is 0 Å². The Morgan fingerprint density at radius 2 is 1.62 bits per heavy atom. The Labute approximate surface area is 219 Å². The van der Waals surface area contributed by atoms with Gasteiger partial charge >= 0.3 is 6.03 Å². The number of methoxy groups -OCH3 is 1. The van der Waals surface area contributed by atoms with Gasteiger partial charge in [0.2, 0.25) is 5.91 Å². The SMILES string of the molecule is COc1ccc(N2C(=O)NC(=O)[C@@]3(Cc4ccccc4N4CCN(c5ccc(Cl)cc5)C[C@@H]43)C2=O)cc1. The molecule has 188 valence electrons. The number of anilines is 3. The topological polar surface area (TPSA) is 82.2 Å². The van der Waals surface area contributed by atoms with Crippen molar-refractivity contribution in [3.05, 3.63) is 83.4 Å². The number of carbonyl (C=O) groups excluding carboxylic acids is 3. The number of hydrogen-bond acceptors (Lipinski definition) is 6. The lowest BCUT2D eigenvalue weighted by Crippen LogP contribution is -2.75. The number of hydrogen-bond donors (Lipinski definition) is 1. The second kappa shape index (κ2) is 8.81. The molecule has 37 heavy (non-hydrogen) atoms. The van der Waals surface area contributed by atoms with Crippen LogP contribution in [0.4, 0.5) is 21.9 Å². The molecule has 8 nitrogen and oxygen atoms in total. The fraction of sp³-hybridized carbons (Fsp3) is 0.250. The van der Waals surface area contributed by atoms with Gasteiger partial charge in [-0.25, -0.2) is 9.69 Å². The lowest BCUT2D eigenvalue weighted by Gasteiger charge is -2.55. The molecule has 2 saturated heterocycles. The van der Waals surface area contributed by atoms with Crippen molar-refractivity contribution in [1.29, 1.82) is 0 Å². The molecule has 1 spiro atoms. The van der Waals surface area contributed by atoms with Gasteiger partial charge < -0.3 is 14.5 Å². The number of halogens is 1. The van der Waals surface area contributed by atoms with Crippen LogP contribution in [-0.4, -0.2) is 50.6 Å². The Hall–Kier alpha value is -4.04. The summed E-state index contributed by atoms with van der Waals surface area (Å²) in [7, 11) is 1.55. The van der Waals surface area contributed by atoms with E-state index in [2.05, 4.69) is 15.1 Å². The fourth-order valence-electron chi connectivity index (χ4n) is 5.81. The summed E-state index contributed by atoms with van der Waals surface area (Å²) in [5.41, 5.74) is 1.78. The third kappa shape index (κ3) is 3.62. The molecule has 3 aliphatic rings. The average molecular weight is 517 g/mol. The number of nitrogens with one attached hydrogen (secondary N) is 1. The third-order valence-electron chi connectivity index (χ3n) is 7.66. The molecule has 0 saturated carbocycles. The number of nitrogens with zero attached hydrogens (tertiary/aromatic N) is 3. The van der Waals surface area contributed by atoms with Gasteiger partial charge in [0.15, 0.2) is 5.41 Å². The van der Waals surface area contributed by atoms with Crippen LogP contribution in [0.1, 0.15) is 5.56 Å². The van der Waals surface area contributed by atoms with Crippen LogP contribution < -0.4 is 24.8 Å². The minimum absolute atomic E-state index is 0.198. The van der Waals surface area contributed by atoms with Crippen molar-refractivity contribution in [2.45, 2.75) is 12.5 Å². The molecule has 4 amide bonds. The number of para-hydroxylation sites is 1. The quantitative estimate of drug-likeness (QED) is 0.532. The van der Waals surface area contributed by atoms with E-state index < -0.39 is 29.3 Å². The summed E-state index contributed by atoms with van der Waals surface area (Å²) in [6.45, 7) is 1.75. The van der Waals surface area contributed by atoms with E-state index >= 15 is 0 Å². The third-order valence-corrected chi connectivity index (χ3v) is 7.91. The first-order valence-electron chi connectivity index (χ1n) is 12.1. The fourth-order valence-corrected chi connectivity index (χ4v) is 5.93. The zero-order chi connectivity index (χ0) is 25.7. The first kappa shape index (κ1) is 23.4. The van der Waals surface area contributed by atoms with Gasteiger partial charge in [-0.3, -0.25) is 14.9 Å². The highest BCUT2D eigenvalue weighted by Gasteiger charge is 2.63. The molecule has 0 radical (unpaired) electrons. The van der Waals surface area contributed by atoms with Crippen molar-refractivity contribution in [3.63, 3.8) is 0 Å². The average Bonchev–Trinajstić information content (AvgIpc) is 2.92. The maximum atomic E-state index is 14.4. The number of piperazine rings is 1. The van der Waals surface area contributed by atoms with Gasteiger partial charge in [0.25, 0.3) is 5.91 Å². The van der Waals surface area contributed by atoms with Crippen molar-refractivity contribution in [2.75, 3.05) is 41.4 Å². The van der Waals surface area contributed by atoms with Crippen molar-refractivity contribution in [1.82, 2.24) is 5.32 Å². The first-order chi connectivity index (χ1) is 17.9. The summed E-state index contributed by atoms with van der Waals surface area (Å²) in [4.78, 5) is 46.6. The van der Waals surface area contributed by atoms with E-state index in [1.54, 1.807) is 31.4 Å². The van der Waals surface area contributed by atoms with Crippen LogP contribution >= 0.6 is 11.6 Å². The highest BCUT2D eigenvalue weighted by Crippen LogP contribution is 2.46. The van der Waals surface area contributed by atoms with Crippen molar-refractivity contribution >= 4 is 46.5 Å². The maximum Gasteiger partial charge on any atom is 0.335 e. The normalized spacial score (nSPS) is 23.0. The summed E-state index contributed by atoms with van der Waals surface area (Å²) < 4.78 is 5.23. The molecule has 0 unspecified atom stereocenters. The van der Waals surface area contributed by atoms with Gasteiger partial charge in [-0.05, 0) is 66.6 Å². The van der Waals surface area contributed by atoms with Crippen LogP contribution in [0, 0.1) is 5.41 Å². The second-order valence-electron chi connectivity index (χ2n) is 9.51. The number of rotatable bonds is 3. The van der Waals surface area contributed by atoms with E-state index in [1.807, 2.05) is 48.5 Å². The smallest absolute Gasteiger partial charge is 0.335 e. The van der Waals surface area contributed by atoms with Crippen LogP contribution in [0.2, 0.25) is 5.02 Å². The second-order valence-corrected chi connectivity index (χ2v) is 9.94. The zero-order valence-corrected chi connectivity index (χ0v) is 20.9. The lowest BCUT2D eigenvalue weighted by molar-refractivity contribution is -0.144. The lowest BCUT2D eigenvalue weighted by atomic mass is 9.67. The van der Waals surface area contributed by atoms with E-state index in [9.17, 15) is 14.4 Å². The number of amides is 4. The molecule has 0 aromatic heterocycles. The predicted octanol–water partition coefficient (Wildman–Crippen LogP) is 3.87. The van der Waals surface area contributed by atoms with Gasteiger partial charge in [-0.15, -0.1) is 0 Å². The molecule has 3 heterocycles. The highest BCUT2D eigenvalue weighted by atomic mass is 35.5. The molecule has 6 rings (SSSR count). The molecule has 3 aromatic rings. The van der Waals surface area contributed by atoms with Crippen LogP contribution in [0.3, 0.4) is 0 Å². The van der Waals surface area contributed by atoms with E-state index in [1.165, 1.54) is 0 Å². The molecular formula is C28H25ClN4O4. The minimum Gasteiger partial charge on any atom is -0.497 e. The number of fused-ring (bicyclic) bond motifs is 4. The molecule has 0 bridgehead atoms.